The predicted molar refractivity (Wildman–Crippen MR) is 171 cm³/mol. The highest BCUT2D eigenvalue weighted by Gasteiger charge is 2.41. The number of rotatable bonds is 4. The maximum Gasteiger partial charge on any atom is 0.121 e. The number of phenolic OH excluding ortho intramolecular Hbond substituents is 4. The van der Waals surface area contributed by atoms with Gasteiger partial charge in [-0.2, -0.15) is 0 Å². The topological polar surface area (TPSA) is 80.9 Å². The third kappa shape index (κ3) is 5.24. The van der Waals surface area contributed by atoms with Crippen LogP contribution in [0.25, 0.3) is 0 Å². The average molecular weight is 565 g/mol. The minimum atomic E-state index is 0.168. The Bertz CT molecular complexity index is 1340. The van der Waals surface area contributed by atoms with Gasteiger partial charge in [-0.15, -0.1) is 0 Å². The number of hydrogen-bond acceptors (Lipinski definition) is 4. The van der Waals surface area contributed by atoms with Gasteiger partial charge in [0.25, 0.3) is 0 Å². The number of aryl methyl sites for hydroxylation is 8. The lowest BCUT2D eigenvalue weighted by Gasteiger charge is -2.43. The fourth-order valence-electron chi connectivity index (χ4n) is 7.49. The smallest absolute Gasteiger partial charge is 0.121 e. The summed E-state index contributed by atoms with van der Waals surface area (Å²) in [5.74, 6) is 2.05. The number of aromatic hydroxyl groups is 4. The molecule has 1 saturated carbocycles. The second-order valence-electron chi connectivity index (χ2n) is 12.9. The molecule has 0 aromatic heterocycles. The maximum absolute atomic E-state index is 10.6. The van der Waals surface area contributed by atoms with Gasteiger partial charge in [0.15, 0.2) is 0 Å². The zero-order valence-corrected chi connectivity index (χ0v) is 26.1. The molecule has 4 heteroatoms. The monoisotopic (exact) mass is 564 g/mol. The summed E-state index contributed by atoms with van der Waals surface area (Å²) in [5.41, 5.74) is 11.9. The van der Waals surface area contributed by atoms with Gasteiger partial charge in [0.1, 0.15) is 23.0 Å². The molecule has 0 saturated heterocycles. The summed E-state index contributed by atoms with van der Waals surface area (Å²) >= 11 is 0. The van der Waals surface area contributed by atoms with Gasteiger partial charge in [-0.3, -0.25) is 0 Å². The Balaban J connectivity index is 1.75. The van der Waals surface area contributed by atoms with E-state index in [1.807, 2.05) is 55.4 Å². The van der Waals surface area contributed by atoms with Crippen molar-refractivity contribution in [2.75, 3.05) is 0 Å². The maximum atomic E-state index is 10.6. The molecule has 42 heavy (non-hydrogen) atoms. The van der Waals surface area contributed by atoms with Gasteiger partial charge in [0.2, 0.25) is 0 Å². The van der Waals surface area contributed by atoms with Crippen molar-refractivity contribution in [1.82, 2.24) is 0 Å². The first-order valence-electron chi connectivity index (χ1n) is 15.0. The normalized spacial score (nSPS) is 20.6. The molecular weight excluding hydrogens is 520 g/mol. The molecule has 220 valence electrons. The Hall–Kier alpha value is -3.92. The molecule has 0 aliphatic heterocycles. The van der Waals surface area contributed by atoms with Crippen LogP contribution in [0.4, 0.5) is 0 Å². The fraction of sp³-hybridized carbons (Fsp3) is 0.368. The quantitative estimate of drug-likeness (QED) is 0.199. The predicted octanol–water partition coefficient (Wildman–Crippen LogP) is 9.21. The molecule has 0 bridgehead atoms. The lowest BCUT2D eigenvalue weighted by Crippen LogP contribution is -2.28. The van der Waals surface area contributed by atoms with Gasteiger partial charge in [-0.05, 0) is 159 Å². The Morgan fingerprint density at radius 1 is 0.333 bits per heavy atom. The Kier molecular flexibility index (Phi) is 7.78. The first-order chi connectivity index (χ1) is 19.8. The van der Waals surface area contributed by atoms with Crippen molar-refractivity contribution in [3.63, 3.8) is 0 Å². The number of phenols is 4. The van der Waals surface area contributed by atoms with E-state index in [2.05, 4.69) is 48.5 Å². The van der Waals surface area contributed by atoms with Gasteiger partial charge in [-0.25, -0.2) is 0 Å². The van der Waals surface area contributed by atoms with Crippen molar-refractivity contribution in [3.05, 3.63) is 115 Å². The van der Waals surface area contributed by atoms with Crippen LogP contribution in [0.15, 0.2) is 48.5 Å². The van der Waals surface area contributed by atoms with E-state index in [9.17, 15) is 20.4 Å². The third-order valence-corrected chi connectivity index (χ3v) is 9.75. The summed E-state index contributed by atoms with van der Waals surface area (Å²) < 4.78 is 0. The molecule has 1 aliphatic carbocycles. The Labute approximate surface area is 250 Å². The molecular formula is C38H44O4. The van der Waals surface area contributed by atoms with Crippen LogP contribution < -0.4 is 0 Å². The average Bonchev–Trinajstić information content (AvgIpc) is 2.94. The summed E-state index contributed by atoms with van der Waals surface area (Å²) in [6.45, 7) is 15.7. The van der Waals surface area contributed by atoms with Crippen LogP contribution in [-0.2, 0) is 0 Å². The summed E-state index contributed by atoms with van der Waals surface area (Å²) in [4.78, 5) is 0. The number of hydrogen-bond donors (Lipinski definition) is 4. The van der Waals surface area contributed by atoms with Crippen LogP contribution in [0.3, 0.4) is 0 Å². The summed E-state index contributed by atoms with van der Waals surface area (Å²) in [6.07, 6.45) is 1.75. The minimum absolute atomic E-state index is 0.168. The lowest BCUT2D eigenvalue weighted by atomic mass is 9.60. The summed E-state index contributed by atoms with van der Waals surface area (Å²) in [5, 5.41) is 42.5. The van der Waals surface area contributed by atoms with Gasteiger partial charge in [0, 0.05) is 0 Å². The summed E-state index contributed by atoms with van der Waals surface area (Å²) in [7, 11) is 0. The first kappa shape index (κ1) is 29.6. The molecule has 4 aromatic carbocycles. The van der Waals surface area contributed by atoms with Gasteiger partial charge >= 0.3 is 0 Å². The Morgan fingerprint density at radius 3 is 0.619 bits per heavy atom. The van der Waals surface area contributed by atoms with Crippen molar-refractivity contribution in [3.8, 4) is 23.0 Å². The molecule has 1 fully saturated rings. The molecule has 4 nitrogen and oxygen atoms in total. The lowest BCUT2D eigenvalue weighted by molar-refractivity contribution is 0.305. The fourth-order valence-corrected chi connectivity index (χ4v) is 7.49. The molecule has 0 radical (unpaired) electrons. The molecule has 0 amide bonds. The second-order valence-corrected chi connectivity index (χ2v) is 12.9. The minimum Gasteiger partial charge on any atom is -0.507 e. The van der Waals surface area contributed by atoms with E-state index in [0.717, 1.165) is 57.3 Å². The van der Waals surface area contributed by atoms with Gasteiger partial charge < -0.3 is 20.4 Å². The molecule has 4 N–H and O–H groups in total. The van der Waals surface area contributed by atoms with Crippen LogP contribution in [-0.4, -0.2) is 20.4 Å². The van der Waals surface area contributed by atoms with Crippen LogP contribution in [0.2, 0.25) is 0 Å². The zero-order valence-electron chi connectivity index (χ0n) is 26.1. The van der Waals surface area contributed by atoms with Crippen molar-refractivity contribution in [2.24, 2.45) is 0 Å². The highest BCUT2D eigenvalue weighted by atomic mass is 16.3. The summed E-state index contributed by atoms with van der Waals surface area (Å²) in [6, 6.07) is 17.1. The third-order valence-electron chi connectivity index (χ3n) is 9.75. The van der Waals surface area contributed by atoms with Crippen molar-refractivity contribution in [2.45, 2.75) is 91.9 Å². The molecule has 5 rings (SSSR count). The highest BCUT2D eigenvalue weighted by molar-refractivity contribution is 5.51. The molecule has 0 spiro atoms. The molecule has 4 aromatic rings. The zero-order chi connectivity index (χ0) is 30.6. The highest BCUT2D eigenvalue weighted by Crippen LogP contribution is 2.57. The van der Waals surface area contributed by atoms with E-state index in [1.165, 1.54) is 22.3 Å². The van der Waals surface area contributed by atoms with E-state index in [0.29, 0.717) is 23.0 Å². The number of benzene rings is 4. The van der Waals surface area contributed by atoms with Crippen molar-refractivity contribution >= 4 is 0 Å². The van der Waals surface area contributed by atoms with Gasteiger partial charge in [-0.1, -0.05) is 48.5 Å². The first-order valence-corrected chi connectivity index (χ1v) is 15.0. The van der Waals surface area contributed by atoms with E-state index >= 15 is 0 Å². The molecule has 1 aliphatic rings. The van der Waals surface area contributed by atoms with Crippen molar-refractivity contribution < 1.29 is 20.4 Å². The van der Waals surface area contributed by atoms with E-state index in [1.54, 1.807) is 0 Å². The van der Waals surface area contributed by atoms with Crippen LogP contribution in [0, 0.1) is 55.4 Å². The SMILES string of the molecule is Cc1cc(C2CC(c3cc(C)c(O)c(C)c3)C(c3cc(C)c(O)c(C)c3)CC2c2cc(C)c(O)c(C)c2)cc(C)c1O. The van der Waals surface area contributed by atoms with Crippen LogP contribution in [0.1, 0.15) is 103 Å². The van der Waals surface area contributed by atoms with Crippen LogP contribution in [0.5, 0.6) is 23.0 Å². The van der Waals surface area contributed by atoms with Crippen LogP contribution >= 0.6 is 0 Å². The molecule has 0 heterocycles. The largest absolute Gasteiger partial charge is 0.507 e. The van der Waals surface area contributed by atoms with Crippen molar-refractivity contribution in [1.29, 1.82) is 0 Å². The van der Waals surface area contributed by atoms with E-state index < -0.39 is 0 Å². The van der Waals surface area contributed by atoms with E-state index in [-0.39, 0.29) is 23.7 Å². The molecule has 4 atom stereocenters. The second kappa shape index (κ2) is 11.1. The van der Waals surface area contributed by atoms with E-state index in [4.69, 9.17) is 0 Å². The molecule has 4 unspecified atom stereocenters. The van der Waals surface area contributed by atoms with Gasteiger partial charge in [0.05, 0.1) is 0 Å². The standard InChI is InChI=1S/C38H44O4/c1-19-9-27(10-20(2)35(19)39)31-17-33(29-13-23(5)37(41)24(6)14-29)34(30-15-25(7)38(42)26(8)16-30)18-32(31)28-11-21(3)36(40)22(4)12-28/h9-16,31-34,39-42H,17-18H2,1-8H3. The Morgan fingerprint density at radius 2 is 0.476 bits per heavy atom.